The van der Waals surface area contributed by atoms with Gasteiger partial charge in [0.1, 0.15) is 12.4 Å². The quantitative estimate of drug-likeness (QED) is 0.822. The van der Waals surface area contributed by atoms with Crippen LogP contribution in [0.3, 0.4) is 0 Å². The first-order chi connectivity index (χ1) is 11.2. The molecule has 1 aliphatic rings. The molecule has 120 valence electrons. The van der Waals surface area contributed by atoms with Gasteiger partial charge in [0.2, 0.25) is 0 Å². The minimum absolute atomic E-state index is 0.0711. The lowest BCUT2D eigenvalue weighted by atomic mass is 10.1. The number of nitrogens with one attached hydrogen (secondary N) is 1. The Hall–Kier alpha value is -2.01. The summed E-state index contributed by atoms with van der Waals surface area (Å²) in [6, 6.07) is 15.8. The summed E-state index contributed by atoms with van der Waals surface area (Å²) in [7, 11) is 0. The largest absolute Gasteiger partial charge is 0.491 e. The van der Waals surface area contributed by atoms with Crippen LogP contribution in [-0.2, 0) is 6.42 Å². The number of urea groups is 1. The molecule has 1 aliphatic heterocycles. The van der Waals surface area contributed by atoms with E-state index in [9.17, 15) is 4.79 Å². The molecule has 2 aromatic rings. The standard InChI is InChI=1S/C18H19BrN2O2/c1-13-12-14-6-2-4-8-16(14)21(13)18(22)20-10-11-23-17-9-5-3-7-15(17)19/h2-9,13H,10-12H2,1H3,(H,20,22). The predicted octanol–water partition coefficient (Wildman–Crippen LogP) is 3.99. The third-order valence-electron chi connectivity index (χ3n) is 3.90. The molecule has 0 saturated carbocycles. The van der Waals surface area contributed by atoms with E-state index in [4.69, 9.17) is 4.74 Å². The van der Waals surface area contributed by atoms with Crippen LogP contribution in [0.4, 0.5) is 10.5 Å². The van der Waals surface area contributed by atoms with Gasteiger partial charge in [-0.2, -0.15) is 0 Å². The zero-order valence-electron chi connectivity index (χ0n) is 13.0. The van der Waals surface area contributed by atoms with Gasteiger partial charge in [-0.3, -0.25) is 4.90 Å². The van der Waals surface area contributed by atoms with Crippen molar-refractivity contribution in [1.29, 1.82) is 0 Å². The van der Waals surface area contributed by atoms with Crippen LogP contribution in [-0.4, -0.2) is 25.2 Å². The van der Waals surface area contributed by atoms with Gasteiger partial charge < -0.3 is 10.1 Å². The topological polar surface area (TPSA) is 41.6 Å². The van der Waals surface area contributed by atoms with Crippen LogP contribution >= 0.6 is 15.9 Å². The molecular formula is C18H19BrN2O2. The molecule has 1 unspecified atom stereocenters. The lowest BCUT2D eigenvalue weighted by Crippen LogP contribution is -2.44. The number of para-hydroxylation sites is 2. The molecule has 0 aliphatic carbocycles. The molecule has 3 rings (SSSR count). The van der Waals surface area contributed by atoms with Crippen LogP contribution in [0.1, 0.15) is 12.5 Å². The number of ether oxygens (including phenoxy) is 1. The minimum atomic E-state index is -0.0711. The van der Waals surface area contributed by atoms with Gasteiger partial charge >= 0.3 is 6.03 Å². The van der Waals surface area contributed by atoms with Crippen molar-refractivity contribution in [3.05, 3.63) is 58.6 Å². The van der Waals surface area contributed by atoms with Gasteiger partial charge in [0, 0.05) is 11.7 Å². The molecular weight excluding hydrogens is 356 g/mol. The Morgan fingerprint density at radius 2 is 2.00 bits per heavy atom. The van der Waals surface area contributed by atoms with Gasteiger partial charge in [-0.1, -0.05) is 30.3 Å². The predicted molar refractivity (Wildman–Crippen MR) is 95.1 cm³/mol. The van der Waals surface area contributed by atoms with Gasteiger partial charge in [0.05, 0.1) is 11.0 Å². The molecule has 0 saturated heterocycles. The van der Waals surface area contributed by atoms with Gasteiger partial charge in [0.15, 0.2) is 0 Å². The summed E-state index contributed by atoms with van der Waals surface area (Å²) < 4.78 is 6.58. The highest BCUT2D eigenvalue weighted by atomic mass is 79.9. The molecule has 5 heteroatoms. The molecule has 23 heavy (non-hydrogen) atoms. The van der Waals surface area contributed by atoms with Crippen LogP contribution in [0.2, 0.25) is 0 Å². The Morgan fingerprint density at radius 1 is 1.26 bits per heavy atom. The molecule has 1 atom stereocenters. The molecule has 0 radical (unpaired) electrons. The van der Waals surface area contributed by atoms with Crippen molar-refractivity contribution >= 4 is 27.6 Å². The fourth-order valence-electron chi connectivity index (χ4n) is 2.84. The first-order valence-corrected chi connectivity index (χ1v) is 8.48. The molecule has 2 aromatic carbocycles. The van der Waals surface area contributed by atoms with E-state index in [1.165, 1.54) is 5.56 Å². The zero-order chi connectivity index (χ0) is 16.2. The lowest BCUT2D eigenvalue weighted by molar-refractivity contribution is 0.240. The fourth-order valence-corrected chi connectivity index (χ4v) is 3.24. The number of carbonyl (C=O) groups is 1. The average molecular weight is 375 g/mol. The summed E-state index contributed by atoms with van der Waals surface area (Å²) >= 11 is 3.44. The van der Waals surface area contributed by atoms with Crippen molar-refractivity contribution in [1.82, 2.24) is 5.32 Å². The van der Waals surface area contributed by atoms with E-state index in [0.717, 1.165) is 22.3 Å². The summed E-state index contributed by atoms with van der Waals surface area (Å²) in [6.07, 6.45) is 0.900. The lowest BCUT2D eigenvalue weighted by Gasteiger charge is -2.23. The third-order valence-corrected chi connectivity index (χ3v) is 4.55. The van der Waals surface area contributed by atoms with E-state index in [1.54, 1.807) is 0 Å². The van der Waals surface area contributed by atoms with E-state index in [2.05, 4.69) is 34.2 Å². The van der Waals surface area contributed by atoms with Crippen molar-refractivity contribution in [3.8, 4) is 5.75 Å². The minimum Gasteiger partial charge on any atom is -0.491 e. The van der Waals surface area contributed by atoms with Crippen molar-refractivity contribution in [2.75, 3.05) is 18.1 Å². The highest BCUT2D eigenvalue weighted by Crippen LogP contribution is 2.31. The van der Waals surface area contributed by atoms with Crippen LogP contribution < -0.4 is 15.0 Å². The SMILES string of the molecule is CC1Cc2ccccc2N1C(=O)NCCOc1ccccc1Br. The van der Waals surface area contributed by atoms with Crippen LogP contribution in [0.25, 0.3) is 0 Å². The number of carbonyl (C=O) groups excluding carboxylic acids is 1. The first kappa shape index (κ1) is 15.9. The van der Waals surface area contributed by atoms with E-state index >= 15 is 0 Å². The molecule has 4 nitrogen and oxygen atoms in total. The number of fused-ring (bicyclic) bond motifs is 1. The smallest absolute Gasteiger partial charge is 0.322 e. The first-order valence-electron chi connectivity index (χ1n) is 7.69. The Bertz CT molecular complexity index is 705. The number of halogens is 1. The van der Waals surface area contributed by atoms with Gasteiger partial charge in [-0.05, 0) is 53.0 Å². The van der Waals surface area contributed by atoms with E-state index in [-0.39, 0.29) is 12.1 Å². The number of nitrogens with zero attached hydrogens (tertiary/aromatic N) is 1. The van der Waals surface area contributed by atoms with E-state index in [0.29, 0.717) is 13.2 Å². The highest BCUT2D eigenvalue weighted by molar-refractivity contribution is 9.10. The second kappa shape index (κ2) is 7.04. The second-order valence-corrected chi connectivity index (χ2v) is 6.42. The summed E-state index contributed by atoms with van der Waals surface area (Å²) in [5, 5.41) is 2.93. The van der Waals surface area contributed by atoms with Gasteiger partial charge in [-0.15, -0.1) is 0 Å². The fraction of sp³-hybridized carbons (Fsp3) is 0.278. The second-order valence-electron chi connectivity index (χ2n) is 5.56. The molecule has 0 fully saturated rings. The van der Waals surface area contributed by atoms with Crippen molar-refractivity contribution in [2.24, 2.45) is 0 Å². The van der Waals surface area contributed by atoms with Crippen molar-refractivity contribution < 1.29 is 9.53 Å². The Balaban J connectivity index is 1.53. The van der Waals surface area contributed by atoms with E-state index in [1.807, 2.05) is 47.4 Å². The summed E-state index contributed by atoms with van der Waals surface area (Å²) in [6.45, 7) is 2.96. The molecule has 1 N–H and O–H groups in total. The monoisotopic (exact) mass is 374 g/mol. The summed E-state index contributed by atoms with van der Waals surface area (Å²) in [5.74, 6) is 0.779. The maximum atomic E-state index is 12.4. The third kappa shape index (κ3) is 3.50. The number of hydrogen-bond acceptors (Lipinski definition) is 2. The van der Waals surface area contributed by atoms with Gasteiger partial charge in [-0.25, -0.2) is 4.79 Å². The zero-order valence-corrected chi connectivity index (χ0v) is 14.5. The average Bonchev–Trinajstić information content (AvgIpc) is 2.88. The maximum Gasteiger partial charge on any atom is 0.322 e. The van der Waals surface area contributed by atoms with Crippen LogP contribution in [0.15, 0.2) is 53.0 Å². The van der Waals surface area contributed by atoms with E-state index < -0.39 is 0 Å². The molecule has 1 heterocycles. The summed E-state index contributed by atoms with van der Waals surface area (Å²) in [4.78, 5) is 14.3. The number of amides is 2. The maximum absolute atomic E-state index is 12.4. The van der Waals surface area contributed by atoms with Crippen LogP contribution in [0, 0.1) is 0 Å². The Kier molecular flexibility index (Phi) is 4.86. The molecule has 2 amide bonds. The Morgan fingerprint density at radius 3 is 2.83 bits per heavy atom. The van der Waals surface area contributed by atoms with Crippen molar-refractivity contribution in [2.45, 2.75) is 19.4 Å². The molecule has 0 aromatic heterocycles. The normalized spacial score (nSPS) is 16.1. The number of benzene rings is 2. The number of anilines is 1. The number of rotatable bonds is 4. The Labute approximate surface area is 144 Å². The molecule has 0 spiro atoms. The summed E-state index contributed by atoms with van der Waals surface area (Å²) in [5.41, 5.74) is 2.23. The number of hydrogen-bond donors (Lipinski definition) is 1. The van der Waals surface area contributed by atoms with Crippen LogP contribution in [0.5, 0.6) is 5.75 Å². The highest BCUT2D eigenvalue weighted by Gasteiger charge is 2.30. The van der Waals surface area contributed by atoms with Gasteiger partial charge in [0.25, 0.3) is 0 Å². The molecule has 0 bridgehead atoms. The van der Waals surface area contributed by atoms with Crippen molar-refractivity contribution in [3.63, 3.8) is 0 Å².